The lowest BCUT2D eigenvalue weighted by Gasteiger charge is -2.36. The van der Waals surface area contributed by atoms with Crippen molar-refractivity contribution < 1.29 is 5.11 Å². The SMILES string of the molecule is OCc1ccc(N2CCN(c3ncccn3)CC2)c(Cl)c1. The van der Waals surface area contributed by atoms with Gasteiger partial charge >= 0.3 is 0 Å². The van der Waals surface area contributed by atoms with Crippen molar-refractivity contribution in [1.82, 2.24) is 9.97 Å². The highest BCUT2D eigenvalue weighted by atomic mass is 35.5. The van der Waals surface area contributed by atoms with Crippen molar-refractivity contribution in [2.75, 3.05) is 36.0 Å². The van der Waals surface area contributed by atoms with Crippen LogP contribution in [0.2, 0.25) is 5.02 Å². The van der Waals surface area contributed by atoms with Gasteiger partial charge in [-0.3, -0.25) is 0 Å². The number of hydrogen-bond donors (Lipinski definition) is 1. The minimum atomic E-state index is 0.0130. The van der Waals surface area contributed by atoms with Gasteiger partial charge in [-0.15, -0.1) is 0 Å². The summed E-state index contributed by atoms with van der Waals surface area (Å²) in [6.07, 6.45) is 3.53. The predicted molar refractivity (Wildman–Crippen MR) is 83.8 cm³/mol. The Labute approximate surface area is 128 Å². The van der Waals surface area contributed by atoms with Crippen LogP contribution >= 0.6 is 11.6 Å². The van der Waals surface area contributed by atoms with Crippen LogP contribution in [0.5, 0.6) is 0 Å². The normalized spacial score (nSPS) is 15.3. The molecule has 0 saturated carbocycles. The van der Waals surface area contributed by atoms with Crippen LogP contribution in [0.25, 0.3) is 0 Å². The topological polar surface area (TPSA) is 52.5 Å². The molecule has 5 nitrogen and oxygen atoms in total. The maximum atomic E-state index is 9.13. The molecule has 1 saturated heterocycles. The molecule has 0 aliphatic carbocycles. The Balaban J connectivity index is 1.68. The van der Waals surface area contributed by atoms with Crippen LogP contribution in [0.1, 0.15) is 5.56 Å². The fraction of sp³-hybridized carbons (Fsp3) is 0.333. The molecule has 1 aromatic carbocycles. The van der Waals surface area contributed by atoms with Gasteiger partial charge in [-0.05, 0) is 23.8 Å². The van der Waals surface area contributed by atoms with E-state index >= 15 is 0 Å². The average molecular weight is 305 g/mol. The standard InChI is InChI=1S/C15H17ClN4O/c16-13-10-12(11-21)2-3-14(13)19-6-8-20(9-7-19)15-17-4-1-5-18-15/h1-5,10,21H,6-9,11H2. The highest BCUT2D eigenvalue weighted by Gasteiger charge is 2.20. The third-order valence-electron chi connectivity index (χ3n) is 3.65. The van der Waals surface area contributed by atoms with Gasteiger partial charge in [0.05, 0.1) is 17.3 Å². The summed E-state index contributed by atoms with van der Waals surface area (Å²) < 4.78 is 0. The predicted octanol–water partition coefficient (Wildman–Crippen LogP) is 1.95. The average Bonchev–Trinajstić information content (AvgIpc) is 2.56. The van der Waals surface area contributed by atoms with Crippen molar-refractivity contribution in [2.45, 2.75) is 6.61 Å². The number of benzene rings is 1. The number of piperazine rings is 1. The lowest BCUT2D eigenvalue weighted by atomic mass is 10.2. The molecule has 0 spiro atoms. The number of hydrogen-bond acceptors (Lipinski definition) is 5. The van der Waals surface area contributed by atoms with Gasteiger partial charge in [0.1, 0.15) is 0 Å². The quantitative estimate of drug-likeness (QED) is 0.939. The van der Waals surface area contributed by atoms with Crippen LogP contribution in [0.15, 0.2) is 36.7 Å². The van der Waals surface area contributed by atoms with E-state index < -0.39 is 0 Å². The first-order valence-electron chi connectivity index (χ1n) is 6.94. The number of anilines is 2. The third kappa shape index (κ3) is 3.09. The van der Waals surface area contributed by atoms with Crippen molar-refractivity contribution in [3.63, 3.8) is 0 Å². The zero-order valence-corrected chi connectivity index (χ0v) is 12.4. The lowest BCUT2D eigenvalue weighted by molar-refractivity contribution is 0.282. The van der Waals surface area contributed by atoms with E-state index in [0.29, 0.717) is 5.02 Å². The second-order valence-corrected chi connectivity index (χ2v) is 5.37. The molecule has 1 N–H and O–H groups in total. The molecule has 1 aromatic heterocycles. The van der Waals surface area contributed by atoms with Gasteiger partial charge in [-0.1, -0.05) is 17.7 Å². The highest BCUT2D eigenvalue weighted by molar-refractivity contribution is 6.33. The maximum Gasteiger partial charge on any atom is 0.225 e. The van der Waals surface area contributed by atoms with Crippen LogP contribution in [0.4, 0.5) is 11.6 Å². The van der Waals surface area contributed by atoms with Gasteiger partial charge in [0.15, 0.2) is 0 Å². The second-order valence-electron chi connectivity index (χ2n) is 4.97. The van der Waals surface area contributed by atoms with Gasteiger partial charge in [0, 0.05) is 38.6 Å². The molecule has 0 amide bonds. The Bertz CT molecular complexity index is 600. The van der Waals surface area contributed by atoms with Crippen molar-refractivity contribution in [1.29, 1.82) is 0 Å². The smallest absolute Gasteiger partial charge is 0.225 e. The molecular weight excluding hydrogens is 288 g/mol. The van der Waals surface area contributed by atoms with E-state index in [2.05, 4.69) is 19.8 Å². The van der Waals surface area contributed by atoms with Crippen molar-refractivity contribution in [3.05, 3.63) is 47.2 Å². The summed E-state index contributed by atoms with van der Waals surface area (Å²) in [6.45, 7) is 3.48. The minimum Gasteiger partial charge on any atom is -0.392 e. The molecule has 1 fully saturated rings. The molecule has 0 radical (unpaired) electrons. The molecule has 0 atom stereocenters. The fourth-order valence-corrected chi connectivity index (χ4v) is 2.83. The molecule has 2 heterocycles. The molecule has 1 aliphatic rings. The molecule has 0 unspecified atom stereocenters. The van der Waals surface area contributed by atoms with Crippen molar-refractivity contribution in [2.24, 2.45) is 0 Å². The summed E-state index contributed by atoms with van der Waals surface area (Å²) in [4.78, 5) is 13.0. The number of aliphatic hydroxyl groups excluding tert-OH is 1. The Hall–Kier alpha value is -1.85. The van der Waals surface area contributed by atoms with Crippen molar-refractivity contribution >= 4 is 23.2 Å². The van der Waals surface area contributed by atoms with E-state index in [-0.39, 0.29) is 6.61 Å². The first kappa shape index (κ1) is 14.1. The Morgan fingerprint density at radius 2 is 1.71 bits per heavy atom. The van der Waals surface area contributed by atoms with Gasteiger partial charge in [0.25, 0.3) is 0 Å². The van der Waals surface area contributed by atoms with E-state index in [1.165, 1.54) is 0 Å². The highest BCUT2D eigenvalue weighted by Crippen LogP contribution is 2.28. The lowest BCUT2D eigenvalue weighted by Crippen LogP contribution is -2.47. The van der Waals surface area contributed by atoms with E-state index in [1.54, 1.807) is 12.4 Å². The van der Waals surface area contributed by atoms with Gasteiger partial charge < -0.3 is 14.9 Å². The zero-order chi connectivity index (χ0) is 14.7. The number of rotatable bonds is 3. The number of halogens is 1. The van der Waals surface area contributed by atoms with Gasteiger partial charge in [-0.25, -0.2) is 9.97 Å². The maximum absolute atomic E-state index is 9.13. The molecule has 110 valence electrons. The Morgan fingerprint density at radius 3 is 2.33 bits per heavy atom. The summed E-state index contributed by atoms with van der Waals surface area (Å²) in [5, 5.41) is 9.82. The van der Waals surface area contributed by atoms with Crippen LogP contribution in [-0.2, 0) is 6.61 Å². The Kier molecular flexibility index (Phi) is 4.22. The largest absolute Gasteiger partial charge is 0.392 e. The second kappa shape index (κ2) is 6.28. The van der Waals surface area contributed by atoms with E-state index in [4.69, 9.17) is 16.7 Å². The van der Waals surface area contributed by atoms with Crippen LogP contribution in [-0.4, -0.2) is 41.3 Å². The third-order valence-corrected chi connectivity index (χ3v) is 3.95. The molecule has 21 heavy (non-hydrogen) atoms. The Morgan fingerprint density at radius 1 is 1.05 bits per heavy atom. The van der Waals surface area contributed by atoms with Crippen LogP contribution in [0, 0.1) is 0 Å². The number of nitrogens with zero attached hydrogens (tertiary/aromatic N) is 4. The minimum absolute atomic E-state index is 0.0130. The summed E-state index contributed by atoms with van der Waals surface area (Å²) in [5.74, 6) is 0.777. The van der Waals surface area contributed by atoms with Gasteiger partial charge in [-0.2, -0.15) is 0 Å². The zero-order valence-electron chi connectivity index (χ0n) is 11.6. The summed E-state index contributed by atoms with van der Waals surface area (Å²) in [7, 11) is 0. The van der Waals surface area contributed by atoms with Crippen LogP contribution in [0.3, 0.4) is 0 Å². The summed E-state index contributed by atoms with van der Waals surface area (Å²) in [6, 6.07) is 7.53. The molecule has 3 rings (SSSR count). The molecule has 6 heteroatoms. The first-order chi connectivity index (χ1) is 10.3. The molecule has 2 aromatic rings. The van der Waals surface area contributed by atoms with E-state index in [1.807, 2.05) is 24.3 Å². The molecule has 0 bridgehead atoms. The molecule has 1 aliphatic heterocycles. The summed E-state index contributed by atoms with van der Waals surface area (Å²) >= 11 is 6.30. The fourth-order valence-electron chi connectivity index (χ4n) is 2.51. The molecular formula is C15H17ClN4O. The summed E-state index contributed by atoms with van der Waals surface area (Å²) in [5.41, 5.74) is 1.85. The first-order valence-corrected chi connectivity index (χ1v) is 7.32. The van der Waals surface area contributed by atoms with Crippen LogP contribution < -0.4 is 9.80 Å². The number of aromatic nitrogens is 2. The number of aliphatic hydroxyl groups is 1. The van der Waals surface area contributed by atoms with Gasteiger partial charge in [0.2, 0.25) is 5.95 Å². The van der Waals surface area contributed by atoms with E-state index in [0.717, 1.165) is 43.4 Å². The van der Waals surface area contributed by atoms with Crippen molar-refractivity contribution in [3.8, 4) is 0 Å². The van der Waals surface area contributed by atoms with E-state index in [9.17, 15) is 0 Å². The monoisotopic (exact) mass is 304 g/mol.